The molecule has 0 aliphatic heterocycles. The second-order valence-corrected chi connectivity index (χ2v) is 8.96. The number of ether oxygens (including phenoxy) is 2. The molecule has 0 bridgehead atoms. The number of carbonyl (C=O) groups is 1. The van der Waals surface area contributed by atoms with E-state index in [9.17, 15) is 4.79 Å². The Bertz CT molecular complexity index is 1530. The molecule has 0 atom stereocenters. The summed E-state index contributed by atoms with van der Waals surface area (Å²) in [4.78, 5) is 23.1. The summed E-state index contributed by atoms with van der Waals surface area (Å²) >= 11 is 1.48. The summed E-state index contributed by atoms with van der Waals surface area (Å²) in [7, 11) is 3.10. The number of aromatic nitrogens is 4. The number of nitrogens with zero attached hydrogens (tertiary/aromatic N) is 4. The molecule has 0 fully saturated rings. The number of carbonyl (C=O) groups excluding carboxylic acids is 1. The zero-order chi connectivity index (χ0) is 25.1. The highest BCUT2D eigenvalue weighted by atomic mass is 32.2. The smallest absolute Gasteiger partial charge is 0.255 e. The first-order chi connectivity index (χ1) is 17.5. The summed E-state index contributed by atoms with van der Waals surface area (Å²) in [6.07, 6.45) is 0. The summed E-state index contributed by atoms with van der Waals surface area (Å²) in [5.41, 5.74) is 2.83. The van der Waals surface area contributed by atoms with Crippen LogP contribution in [0.1, 0.15) is 16.1 Å². The van der Waals surface area contributed by atoms with Crippen LogP contribution in [-0.2, 0) is 0 Å². The molecule has 0 saturated carbocycles. The fourth-order valence-corrected chi connectivity index (χ4v) is 4.68. The highest BCUT2D eigenvalue weighted by molar-refractivity contribution is 7.99. The number of benzene rings is 3. The van der Waals surface area contributed by atoms with Gasteiger partial charge in [0.2, 0.25) is 0 Å². The fourth-order valence-electron chi connectivity index (χ4n) is 3.64. The van der Waals surface area contributed by atoms with E-state index in [2.05, 4.69) is 15.3 Å². The van der Waals surface area contributed by atoms with E-state index in [4.69, 9.17) is 14.6 Å². The molecule has 5 rings (SSSR count). The summed E-state index contributed by atoms with van der Waals surface area (Å²) in [5, 5.41) is 8.55. The van der Waals surface area contributed by atoms with Gasteiger partial charge in [-0.15, -0.1) is 5.10 Å². The molecule has 180 valence electrons. The van der Waals surface area contributed by atoms with Crippen LogP contribution < -0.4 is 14.8 Å². The predicted octanol–water partition coefficient (Wildman–Crippen LogP) is 5.52. The Kier molecular flexibility index (Phi) is 6.55. The third kappa shape index (κ3) is 4.87. The first-order valence-electron chi connectivity index (χ1n) is 11.1. The van der Waals surface area contributed by atoms with Crippen LogP contribution in [0.2, 0.25) is 0 Å². The molecule has 36 heavy (non-hydrogen) atoms. The topological polar surface area (TPSA) is 90.6 Å². The molecule has 0 aliphatic carbocycles. The third-order valence-electron chi connectivity index (χ3n) is 5.40. The van der Waals surface area contributed by atoms with Crippen LogP contribution >= 0.6 is 11.8 Å². The van der Waals surface area contributed by atoms with E-state index in [0.29, 0.717) is 34.4 Å². The summed E-state index contributed by atoms with van der Waals surface area (Å²) in [6.45, 7) is 1.92. The van der Waals surface area contributed by atoms with Crippen LogP contribution in [0, 0.1) is 6.92 Å². The Morgan fingerprint density at radius 1 is 0.889 bits per heavy atom. The maximum absolute atomic E-state index is 13.1. The Labute approximate surface area is 212 Å². The molecule has 0 aliphatic rings. The van der Waals surface area contributed by atoms with Gasteiger partial charge in [0.15, 0.2) is 5.82 Å². The van der Waals surface area contributed by atoms with Crippen molar-refractivity contribution in [1.29, 1.82) is 0 Å². The van der Waals surface area contributed by atoms with E-state index in [1.165, 1.54) is 11.8 Å². The minimum atomic E-state index is -0.275. The Balaban J connectivity index is 1.47. The van der Waals surface area contributed by atoms with E-state index in [1.54, 1.807) is 36.9 Å². The van der Waals surface area contributed by atoms with Gasteiger partial charge in [-0.05, 0) is 37.3 Å². The van der Waals surface area contributed by atoms with Crippen molar-refractivity contribution >= 4 is 29.1 Å². The van der Waals surface area contributed by atoms with Crippen LogP contribution in [0.15, 0.2) is 88.8 Å². The third-order valence-corrected chi connectivity index (χ3v) is 6.48. The average molecular weight is 498 g/mol. The zero-order valence-electron chi connectivity index (χ0n) is 19.9. The second-order valence-electron chi connectivity index (χ2n) is 7.90. The Morgan fingerprint density at radius 2 is 1.58 bits per heavy atom. The maximum atomic E-state index is 13.1. The number of nitrogens with one attached hydrogen (secondary N) is 1. The number of methoxy groups -OCH3 is 2. The first kappa shape index (κ1) is 23.4. The molecule has 2 aromatic heterocycles. The minimum absolute atomic E-state index is 0.275. The lowest BCUT2D eigenvalue weighted by Gasteiger charge is -2.13. The number of rotatable bonds is 7. The van der Waals surface area contributed by atoms with Gasteiger partial charge in [0, 0.05) is 27.8 Å². The standard InChI is InChI=1S/C27H23N5O3S/c1-17-13-24(32-27(28-17)30-25(31-32)18-9-5-4-6-10-18)36-23-12-8-7-11-22(23)29-26(33)19-14-20(34-2)16-21(15-19)35-3/h4-16H,1-3H3,(H,29,33). The Hall–Kier alpha value is -4.37. The predicted molar refractivity (Wildman–Crippen MR) is 139 cm³/mol. The molecule has 0 radical (unpaired) electrons. The molecule has 9 heteroatoms. The summed E-state index contributed by atoms with van der Waals surface area (Å²) < 4.78 is 12.3. The van der Waals surface area contributed by atoms with Crippen LogP contribution in [0.4, 0.5) is 5.69 Å². The molecule has 3 aromatic carbocycles. The molecule has 8 nitrogen and oxygen atoms in total. The second kappa shape index (κ2) is 10.1. The summed E-state index contributed by atoms with van der Waals surface area (Å²) in [6, 6.07) is 24.4. The van der Waals surface area contributed by atoms with Crippen LogP contribution in [-0.4, -0.2) is 39.7 Å². The molecule has 0 unspecified atom stereocenters. The average Bonchev–Trinajstić information content (AvgIpc) is 3.34. The lowest BCUT2D eigenvalue weighted by molar-refractivity contribution is 0.102. The van der Waals surface area contributed by atoms with Crippen LogP contribution in [0.25, 0.3) is 17.2 Å². The van der Waals surface area contributed by atoms with Crippen LogP contribution in [0.5, 0.6) is 11.5 Å². The number of hydrogen-bond donors (Lipinski definition) is 1. The largest absolute Gasteiger partial charge is 0.497 e. The quantitative estimate of drug-likeness (QED) is 0.296. The first-order valence-corrected chi connectivity index (χ1v) is 12.0. The van der Waals surface area contributed by atoms with Crippen LogP contribution in [0.3, 0.4) is 0 Å². The summed E-state index contributed by atoms with van der Waals surface area (Å²) in [5.74, 6) is 1.92. The van der Waals surface area contributed by atoms with Crippen molar-refractivity contribution in [3.8, 4) is 22.9 Å². The number of aryl methyl sites for hydroxylation is 1. The van der Waals surface area contributed by atoms with Crippen molar-refractivity contribution in [1.82, 2.24) is 19.6 Å². The van der Waals surface area contributed by atoms with Crippen molar-refractivity contribution in [2.75, 3.05) is 19.5 Å². The van der Waals surface area contributed by atoms with E-state index in [0.717, 1.165) is 21.2 Å². The molecule has 0 spiro atoms. The monoisotopic (exact) mass is 497 g/mol. The lowest BCUT2D eigenvalue weighted by Crippen LogP contribution is -2.13. The van der Waals surface area contributed by atoms with E-state index >= 15 is 0 Å². The van der Waals surface area contributed by atoms with Crippen molar-refractivity contribution in [2.24, 2.45) is 0 Å². The zero-order valence-corrected chi connectivity index (χ0v) is 20.7. The molecule has 2 heterocycles. The van der Waals surface area contributed by atoms with Crippen molar-refractivity contribution in [3.63, 3.8) is 0 Å². The molecule has 5 aromatic rings. The highest BCUT2D eigenvalue weighted by Gasteiger charge is 2.16. The van der Waals surface area contributed by atoms with Crippen molar-refractivity contribution in [2.45, 2.75) is 16.8 Å². The minimum Gasteiger partial charge on any atom is -0.497 e. The van der Waals surface area contributed by atoms with Gasteiger partial charge in [-0.1, -0.05) is 54.2 Å². The molecule has 0 saturated heterocycles. The van der Waals surface area contributed by atoms with E-state index < -0.39 is 0 Å². The molecule has 1 N–H and O–H groups in total. The van der Waals surface area contributed by atoms with Gasteiger partial charge in [0.25, 0.3) is 11.7 Å². The SMILES string of the molecule is COc1cc(OC)cc(C(=O)Nc2ccccc2Sc2cc(C)nc3nc(-c4ccccc4)nn23)c1. The van der Waals surface area contributed by atoms with Gasteiger partial charge in [-0.2, -0.15) is 9.50 Å². The van der Waals surface area contributed by atoms with Gasteiger partial charge >= 0.3 is 0 Å². The lowest BCUT2D eigenvalue weighted by atomic mass is 10.2. The molecular weight excluding hydrogens is 474 g/mol. The Morgan fingerprint density at radius 3 is 2.31 bits per heavy atom. The van der Waals surface area contributed by atoms with Crippen molar-refractivity contribution in [3.05, 3.63) is 90.1 Å². The number of hydrogen-bond acceptors (Lipinski definition) is 7. The normalized spacial score (nSPS) is 10.9. The number of para-hydroxylation sites is 1. The number of amides is 1. The number of anilines is 1. The van der Waals surface area contributed by atoms with Gasteiger partial charge in [0.1, 0.15) is 16.5 Å². The number of fused-ring (bicyclic) bond motifs is 1. The fraction of sp³-hybridized carbons (Fsp3) is 0.111. The maximum Gasteiger partial charge on any atom is 0.255 e. The van der Waals surface area contributed by atoms with Gasteiger partial charge in [-0.3, -0.25) is 4.79 Å². The van der Waals surface area contributed by atoms with E-state index in [1.807, 2.05) is 67.6 Å². The molecular formula is C27H23N5O3S. The molecule has 1 amide bonds. The highest BCUT2D eigenvalue weighted by Crippen LogP contribution is 2.34. The van der Waals surface area contributed by atoms with E-state index in [-0.39, 0.29) is 5.91 Å². The van der Waals surface area contributed by atoms with Gasteiger partial charge in [0.05, 0.1) is 19.9 Å². The van der Waals surface area contributed by atoms with Gasteiger partial charge < -0.3 is 14.8 Å². The van der Waals surface area contributed by atoms with Gasteiger partial charge in [-0.25, -0.2) is 4.98 Å². The van der Waals surface area contributed by atoms with Crippen molar-refractivity contribution < 1.29 is 14.3 Å².